The molecule has 0 radical (unpaired) electrons. The molecule has 0 heterocycles. The molecule has 1 fully saturated rings. The van der Waals surface area contributed by atoms with Crippen LogP contribution in [0, 0.1) is 62.3 Å². The Bertz CT molecular complexity index is 1550. The number of aryl methyl sites for hydroxylation is 3. The van der Waals surface area contributed by atoms with Crippen molar-refractivity contribution in [3.8, 4) is 17.2 Å². The molecular formula is C42H54O3. The zero-order valence-electron chi connectivity index (χ0n) is 29.8. The van der Waals surface area contributed by atoms with Crippen LogP contribution >= 0.6 is 0 Å². The average molecular weight is 607 g/mol. The third-order valence-electron chi connectivity index (χ3n) is 10.9. The van der Waals surface area contributed by atoms with Crippen LogP contribution in [0.25, 0.3) is 0 Å². The molecule has 3 heteroatoms. The Hall–Kier alpha value is -3.72. The number of rotatable bonds is 6. The molecular weight excluding hydrogens is 552 g/mol. The Morgan fingerprint density at radius 1 is 0.422 bits per heavy atom. The van der Waals surface area contributed by atoms with Gasteiger partial charge in [-0.25, -0.2) is 0 Å². The average Bonchev–Trinajstić information content (AvgIpc) is 3.01. The number of allylic oxidation sites excluding steroid dienone is 6. The molecule has 0 amide bonds. The lowest BCUT2D eigenvalue weighted by atomic mass is 9.77. The number of aromatic hydroxyl groups is 3. The number of hydrogen-bond donors (Lipinski definition) is 3. The Labute approximate surface area is 272 Å². The predicted octanol–water partition coefficient (Wildman–Crippen LogP) is 10.7. The molecule has 1 aliphatic carbocycles. The number of phenolic OH excluding ortho intramolecular Hbond substituents is 3. The lowest BCUT2D eigenvalue weighted by molar-refractivity contribution is 0.465. The minimum Gasteiger partial charge on any atom is -0.507 e. The first-order valence-corrected chi connectivity index (χ1v) is 16.4. The Morgan fingerprint density at radius 2 is 0.644 bits per heavy atom. The summed E-state index contributed by atoms with van der Waals surface area (Å²) in [5.41, 5.74) is 21.9. The van der Waals surface area contributed by atoms with Crippen LogP contribution in [0.1, 0.15) is 107 Å². The van der Waals surface area contributed by atoms with Crippen LogP contribution in [0.4, 0.5) is 0 Å². The lowest BCUT2D eigenvalue weighted by Gasteiger charge is -2.28. The lowest BCUT2D eigenvalue weighted by Crippen LogP contribution is -2.10. The van der Waals surface area contributed by atoms with Crippen molar-refractivity contribution in [2.24, 2.45) is 0 Å². The van der Waals surface area contributed by atoms with Crippen LogP contribution in [-0.2, 0) is 19.3 Å². The van der Waals surface area contributed by atoms with Crippen molar-refractivity contribution in [2.45, 2.75) is 122 Å². The second-order valence-electron chi connectivity index (χ2n) is 14.1. The molecule has 3 aromatic rings. The van der Waals surface area contributed by atoms with Gasteiger partial charge in [0.25, 0.3) is 0 Å². The smallest absolute Gasteiger partial charge is 0.121 e. The molecule has 0 aromatic heterocycles. The van der Waals surface area contributed by atoms with Gasteiger partial charge in [-0.2, -0.15) is 0 Å². The molecule has 1 aliphatic rings. The van der Waals surface area contributed by atoms with Gasteiger partial charge < -0.3 is 15.3 Å². The first-order valence-electron chi connectivity index (χ1n) is 16.4. The van der Waals surface area contributed by atoms with Gasteiger partial charge in [0.15, 0.2) is 0 Å². The molecule has 0 bridgehead atoms. The first-order chi connectivity index (χ1) is 21.0. The van der Waals surface area contributed by atoms with E-state index in [4.69, 9.17) is 0 Å². The zero-order chi connectivity index (χ0) is 33.5. The van der Waals surface area contributed by atoms with Crippen LogP contribution in [-0.4, -0.2) is 15.3 Å². The molecule has 4 rings (SSSR count). The van der Waals surface area contributed by atoms with E-state index in [1.807, 2.05) is 41.5 Å². The van der Waals surface area contributed by atoms with Gasteiger partial charge in [-0.15, -0.1) is 0 Å². The fraction of sp³-hybridized carbons (Fsp3) is 0.429. The maximum Gasteiger partial charge on any atom is 0.121 e. The molecule has 0 aliphatic heterocycles. The summed E-state index contributed by atoms with van der Waals surface area (Å²) in [7, 11) is 0. The van der Waals surface area contributed by atoms with Crippen molar-refractivity contribution in [3.63, 3.8) is 0 Å². The van der Waals surface area contributed by atoms with Crippen LogP contribution in [0.3, 0.4) is 0 Å². The van der Waals surface area contributed by atoms with Crippen LogP contribution < -0.4 is 0 Å². The van der Waals surface area contributed by atoms with Gasteiger partial charge >= 0.3 is 0 Å². The fourth-order valence-corrected chi connectivity index (χ4v) is 7.10. The number of phenols is 3. The van der Waals surface area contributed by atoms with Gasteiger partial charge in [0.2, 0.25) is 0 Å². The highest BCUT2D eigenvalue weighted by Crippen LogP contribution is 2.41. The highest BCUT2D eigenvalue weighted by Gasteiger charge is 2.23. The molecule has 3 N–H and O–H groups in total. The van der Waals surface area contributed by atoms with Gasteiger partial charge in [0.05, 0.1) is 0 Å². The summed E-state index contributed by atoms with van der Waals surface area (Å²) < 4.78 is 0. The van der Waals surface area contributed by atoms with E-state index in [-0.39, 0.29) is 0 Å². The molecule has 1 saturated carbocycles. The normalized spacial score (nSPS) is 13.5. The van der Waals surface area contributed by atoms with Gasteiger partial charge in [-0.1, -0.05) is 51.6 Å². The summed E-state index contributed by atoms with van der Waals surface area (Å²) in [6, 6.07) is 6.47. The highest BCUT2D eigenvalue weighted by molar-refractivity contribution is 5.52. The van der Waals surface area contributed by atoms with Crippen molar-refractivity contribution in [1.29, 1.82) is 0 Å². The first kappa shape index (κ1) is 34.2. The second kappa shape index (κ2) is 13.3. The summed E-state index contributed by atoms with van der Waals surface area (Å²) in [6.07, 6.45) is 5.59. The molecule has 0 atom stereocenters. The van der Waals surface area contributed by atoms with E-state index in [0.29, 0.717) is 17.2 Å². The minimum absolute atomic E-state index is 0.408. The van der Waals surface area contributed by atoms with E-state index in [0.717, 1.165) is 71.9 Å². The second-order valence-corrected chi connectivity index (χ2v) is 14.1. The van der Waals surface area contributed by atoms with Crippen molar-refractivity contribution in [1.82, 2.24) is 0 Å². The van der Waals surface area contributed by atoms with E-state index in [2.05, 4.69) is 59.7 Å². The Kier molecular flexibility index (Phi) is 10.1. The van der Waals surface area contributed by atoms with Gasteiger partial charge in [-0.3, -0.25) is 0 Å². The third-order valence-corrected chi connectivity index (χ3v) is 10.9. The SMILES string of the molecule is CC(Cc1cc(C)c(O)c(C)c1C)=C1CC(=C(C)Cc2cc(C)c(O)c(C)c2C)CC(=C(C)Cc2cc(C)c(O)c(C)c2C)C1. The van der Waals surface area contributed by atoms with Crippen molar-refractivity contribution >= 4 is 0 Å². The van der Waals surface area contributed by atoms with Crippen molar-refractivity contribution in [3.05, 3.63) is 118 Å². The predicted molar refractivity (Wildman–Crippen MR) is 190 cm³/mol. The zero-order valence-corrected chi connectivity index (χ0v) is 29.8. The minimum atomic E-state index is 0.408. The molecule has 3 aromatic carbocycles. The van der Waals surface area contributed by atoms with Crippen LogP contribution in [0.5, 0.6) is 17.2 Å². The molecule has 0 saturated heterocycles. The molecule has 3 nitrogen and oxygen atoms in total. The van der Waals surface area contributed by atoms with E-state index >= 15 is 0 Å². The Morgan fingerprint density at radius 3 is 0.867 bits per heavy atom. The summed E-state index contributed by atoms with van der Waals surface area (Å²) in [6.45, 7) is 25.3. The van der Waals surface area contributed by atoms with E-state index in [9.17, 15) is 15.3 Å². The number of hydrogen-bond acceptors (Lipinski definition) is 3. The monoisotopic (exact) mass is 606 g/mol. The molecule has 45 heavy (non-hydrogen) atoms. The van der Waals surface area contributed by atoms with Gasteiger partial charge in [-0.05, 0) is 188 Å². The third kappa shape index (κ3) is 6.93. The Balaban J connectivity index is 1.80. The fourth-order valence-electron chi connectivity index (χ4n) is 7.10. The molecule has 240 valence electrons. The van der Waals surface area contributed by atoms with Crippen LogP contribution in [0.15, 0.2) is 51.6 Å². The van der Waals surface area contributed by atoms with Gasteiger partial charge in [0.1, 0.15) is 17.2 Å². The standard InChI is InChI=1S/C42H54O3/c1-22(13-37-16-25(4)40(43)31(10)28(37)7)34-19-35(23(2)14-38-17-26(5)41(44)32(11)29(38)8)21-36(20-34)24(3)15-39-18-27(6)42(45)33(12)30(39)9/h16-18,43-45H,13-15,19-21H2,1-12H3. The number of benzene rings is 3. The maximum atomic E-state index is 10.5. The summed E-state index contributed by atoms with van der Waals surface area (Å²) in [4.78, 5) is 0. The molecule has 0 unspecified atom stereocenters. The van der Waals surface area contributed by atoms with E-state index < -0.39 is 0 Å². The topological polar surface area (TPSA) is 60.7 Å². The summed E-state index contributed by atoms with van der Waals surface area (Å²) >= 11 is 0. The maximum absolute atomic E-state index is 10.5. The van der Waals surface area contributed by atoms with E-state index in [1.165, 1.54) is 66.8 Å². The highest BCUT2D eigenvalue weighted by atomic mass is 16.3. The molecule has 0 spiro atoms. The van der Waals surface area contributed by atoms with E-state index in [1.54, 1.807) is 0 Å². The largest absolute Gasteiger partial charge is 0.507 e. The summed E-state index contributed by atoms with van der Waals surface area (Å²) in [5.74, 6) is 1.22. The summed E-state index contributed by atoms with van der Waals surface area (Å²) in [5, 5.41) is 31.5. The van der Waals surface area contributed by atoms with Crippen molar-refractivity contribution in [2.75, 3.05) is 0 Å². The van der Waals surface area contributed by atoms with Crippen molar-refractivity contribution < 1.29 is 15.3 Å². The van der Waals surface area contributed by atoms with Crippen LogP contribution in [0.2, 0.25) is 0 Å². The quantitative estimate of drug-likeness (QED) is 0.245. The van der Waals surface area contributed by atoms with Gasteiger partial charge in [0, 0.05) is 0 Å².